The maximum atomic E-state index is 11.5. The highest BCUT2D eigenvalue weighted by Gasteiger charge is 2.10. The SMILES string of the molecule is N[C@@H](CCCCNCC(=O)c1ccco1)C(=O)O. The Morgan fingerprint density at radius 2 is 2.22 bits per heavy atom. The van der Waals surface area contributed by atoms with Gasteiger partial charge in [0.25, 0.3) is 0 Å². The maximum Gasteiger partial charge on any atom is 0.320 e. The molecule has 100 valence electrons. The first kappa shape index (κ1) is 14.4. The van der Waals surface area contributed by atoms with Crippen LogP contribution in [0.4, 0.5) is 0 Å². The van der Waals surface area contributed by atoms with E-state index < -0.39 is 12.0 Å². The Bertz CT molecular complexity index is 375. The first-order chi connectivity index (χ1) is 8.61. The van der Waals surface area contributed by atoms with Gasteiger partial charge in [0.15, 0.2) is 5.76 Å². The predicted molar refractivity (Wildman–Crippen MR) is 65.4 cm³/mol. The van der Waals surface area contributed by atoms with Crippen LogP contribution in [0, 0.1) is 0 Å². The number of aliphatic carboxylic acids is 1. The molecule has 0 spiro atoms. The molecule has 0 aliphatic heterocycles. The van der Waals surface area contributed by atoms with Crippen LogP contribution in [0.3, 0.4) is 0 Å². The minimum atomic E-state index is -0.976. The summed E-state index contributed by atoms with van der Waals surface area (Å²) in [6, 6.07) is 2.49. The van der Waals surface area contributed by atoms with Crippen molar-refractivity contribution >= 4 is 11.8 Å². The van der Waals surface area contributed by atoms with Gasteiger partial charge in [-0.25, -0.2) is 0 Å². The molecule has 0 fully saturated rings. The Labute approximate surface area is 105 Å². The van der Waals surface area contributed by atoms with E-state index in [4.69, 9.17) is 15.3 Å². The van der Waals surface area contributed by atoms with E-state index in [-0.39, 0.29) is 12.3 Å². The van der Waals surface area contributed by atoms with E-state index in [0.717, 1.165) is 12.8 Å². The third kappa shape index (κ3) is 5.11. The lowest BCUT2D eigenvalue weighted by atomic mass is 10.1. The Morgan fingerprint density at radius 3 is 2.83 bits per heavy atom. The average Bonchev–Trinajstić information content (AvgIpc) is 2.86. The summed E-state index contributed by atoms with van der Waals surface area (Å²) in [4.78, 5) is 21.9. The van der Waals surface area contributed by atoms with Crippen LogP contribution in [0.25, 0.3) is 0 Å². The normalized spacial score (nSPS) is 12.3. The maximum absolute atomic E-state index is 11.5. The number of hydrogen-bond donors (Lipinski definition) is 3. The van der Waals surface area contributed by atoms with E-state index in [1.807, 2.05) is 0 Å². The fraction of sp³-hybridized carbons (Fsp3) is 0.500. The summed E-state index contributed by atoms with van der Waals surface area (Å²) >= 11 is 0. The molecule has 0 aromatic carbocycles. The number of carboxylic acids is 1. The molecule has 1 heterocycles. The number of ketones is 1. The molecular formula is C12H18N2O4. The second-order valence-electron chi connectivity index (χ2n) is 4.02. The van der Waals surface area contributed by atoms with Crippen molar-refractivity contribution in [2.24, 2.45) is 5.73 Å². The smallest absolute Gasteiger partial charge is 0.320 e. The monoisotopic (exact) mass is 254 g/mol. The summed E-state index contributed by atoms with van der Waals surface area (Å²) in [5.74, 6) is -0.728. The Hall–Kier alpha value is -1.66. The minimum absolute atomic E-state index is 0.0952. The summed E-state index contributed by atoms with van der Waals surface area (Å²) in [6.07, 6.45) is 3.41. The van der Waals surface area contributed by atoms with Crippen LogP contribution in [0.5, 0.6) is 0 Å². The predicted octanol–water partition coefficient (Wildman–Crippen LogP) is 0.634. The third-order valence-electron chi connectivity index (χ3n) is 2.52. The van der Waals surface area contributed by atoms with E-state index in [1.165, 1.54) is 6.26 Å². The molecule has 0 aliphatic carbocycles. The topological polar surface area (TPSA) is 106 Å². The van der Waals surface area contributed by atoms with Crippen molar-refractivity contribution in [1.29, 1.82) is 0 Å². The molecule has 0 radical (unpaired) electrons. The van der Waals surface area contributed by atoms with E-state index in [2.05, 4.69) is 5.32 Å². The summed E-state index contributed by atoms with van der Waals surface area (Å²) in [6.45, 7) is 0.872. The lowest BCUT2D eigenvalue weighted by molar-refractivity contribution is -0.138. The van der Waals surface area contributed by atoms with Gasteiger partial charge in [0, 0.05) is 0 Å². The van der Waals surface area contributed by atoms with Crippen LogP contribution in [0.1, 0.15) is 29.8 Å². The summed E-state index contributed by atoms with van der Waals surface area (Å²) < 4.78 is 4.96. The summed E-state index contributed by atoms with van der Waals surface area (Å²) in [7, 11) is 0. The van der Waals surface area contributed by atoms with Gasteiger partial charge in [0.05, 0.1) is 12.8 Å². The quantitative estimate of drug-likeness (QED) is 0.441. The number of nitrogens with one attached hydrogen (secondary N) is 1. The molecule has 0 unspecified atom stereocenters. The minimum Gasteiger partial charge on any atom is -0.480 e. The van der Waals surface area contributed by atoms with E-state index >= 15 is 0 Å². The molecule has 4 N–H and O–H groups in total. The molecule has 0 saturated carbocycles. The highest BCUT2D eigenvalue weighted by Crippen LogP contribution is 2.01. The number of carbonyl (C=O) groups is 2. The molecule has 1 aromatic rings. The number of furan rings is 1. The number of unbranched alkanes of at least 4 members (excludes halogenated alkanes) is 1. The largest absolute Gasteiger partial charge is 0.480 e. The highest BCUT2D eigenvalue weighted by molar-refractivity contribution is 5.94. The fourth-order valence-electron chi connectivity index (χ4n) is 1.46. The van der Waals surface area contributed by atoms with Crippen LogP contribution in [0.15, 0.2) is 22.8 Å². The Morgan fingerprint density at radius 1 is 1.44 bits per heavy atom. The summed E-state index contributed by atoms with van der Waals surface area (Å²) in [5.41, 5.74) is 5.36. The van der Waals surface area contributed by atoms with Gasteiger partial charge in [-0.1, -0.05) is 6.42 Å². The number of Topliss-reactive ketones (excluding diaryl/α,β-unsaturated/α-hetero) is 1. The zero-order valence-corrected chi connectivity index (χ0v) is 10.1. The lowest BCUT2D eigenvalue weighted by Crippen LogP contribution is -2.30. The molecule has 1 atom stereocenters. The lowest BCUT2D eigenvalue weighted by Gasteiger charge is -2.06. The van der Waals surface area contributed by atoms with Gasteiger partial charge >= 0.3 is 5.97 Å². The molecule has 18 heavy (non-hydrogen) atoms. The van der Waals surface area contributed by atoms with Gasteiger partial charge in [-0.2, -0.15) is 0 Å². The Kier molecular flexibility index (Phi) is 6.10. The van der Waals surface area contributed by atoms with Gasteiger partial charge in [-0.05, 0) is 31.5 Å². The number of carboxylic acid groups (broad SMARTS) is 1. The number of nitrogens with two attached hydrogens (primary N) is 1. The fourth-order valence-corrected chi connectivity index (χ4v) is 1.46. The average molecular weight is 254 g/mol. The van der Waals surface area contributed by atoms with Crippen molar-refractivity contribution in [3.63, 3.8) is 0 Å². The molecule has 1 rings (SSSR count). The zero-order chi connectivity index (χ0) is 13.4. The Balaban J connectivity index is 2.02. The molecule has 6 heteroatoms. The van der Waals surface area contributed by atoms with Gasteiger partial charge < -0.3 is 20.6 Å². The first-order valence-electron chi connectivity index (χ1n) is 5.87. The molecule has 0 bridgehead atoms. The summed E-state index contributed by atoms with van der Waals surface area (Å²) in [5, 5.41) is 11.5. The molecular weight excluding hydrogens is 236 g/mol. The number of carbonyl (C=O) groups excluding carboxylic acids is 1. The molecule has 0 saturated heterocycles. The van der Waals surface area contributed by atoms with Gasteiger partial charge in [0.2, 0.25) is 5.78 Å². The van der Waals surface area contributed by atoms with Crippen molar-refractivity contribution in [2.75, 3.05) is 13.1 Å². The molecule has 1 aromatic heterocycles. The third-order valence-corrected chi connectivity index (χ3v) is 2.52. The van der Waals surface area contributed by atoms with E-state index in [9.17, 15) is 9.59 Å². The molecule has 6 nitrogen and oxygen atoms in total. The van der Waals surface area contributed by atoms with Crippen LogP contribution in [-0.4, -0.2) is 36.0 Å². The van der Waals surface area contributed by atoms with Crippen molar-refractivity contribution in [2.45, 2.75) is 25.3 Å². The second kappa shape index (κ2) is 7.62. The highest BCUT2D eigenvalue weighted by atomic mass is 16.4. The van der Waals surface area contributed by atoms with E-state index in [1.54, 1.807) is 12.1 Å². The molecule has 0 aliphatic rings. The van der Waals surface area contributed by atoms with E-state index in [0.29, 0.717) is 18.7 Å². The van der Waals surface area contributed by atoms with Crippen molar-refractivity contribution in [3.05, 3.63) is 24.2 Å². The van der Waals surface area contributed by atoms with Crippen molar-refractivity contribution in [3.8, 4) is 0 Å². The van der Waals surface area contributed by atoms with Gasteiger partial charge in [-0.15, -0.1) is 0 Å². The first-order valence-corrected chi connectivity index (χ1v) is 5.87. The van der Waals surface area contributed by atoms with Crippen LogP contribution in [0.2, 0.25) is 0 Å². The van der Waals surface area contributed by atoms with Gasteiger partial charge in [0.1, 0.15) is 6.04 Å². The molecule has 0 amide bonds. The van der Waals surface area contributed by atoms with Gasteiger partial charge in [-0.3, -0.25) is 9.59 Å². The second-order valence-corrected chi connectivity index (χ2v) is 4.02. The van der Waals surface area contributed by atoms with Crippen LogP contribution in [-0.2, 0) is 4.79 Å². The number of rotatable bonds is 9. The van der Waals surface area contributed by atoms with Crippen LogP contribution >= 0.6 is 0 Å². The zero-order valence-electron chi connectivity index (χ0n) is 10.1. The standard InChI is InChI=1S/C12H18N2O4/c13-9(12(16)17)4-1-2-6-14-8-10(15)11-5-3-7-18-11/h3,5,7,9,14H,1-2,4,6,8,13H2,(H,16,17)/t9-/m0/s1. The van der Waals surface area contributed by atoms with Crippen LogP contribution < -0.4 is 11.1 Å². The van der Waals surface area contributed by atoms with Crippen molar-refractivity contribution in [1.82, 2.24) is 5.32 Å². The number of hydrogen-bond acceptors (Lipinski definition) is 5. The van der Waals surface area contributed by atoms with Crippen molar-refractivity contribution < 1.29 is 19.1 Å².